The van der Waals surface area contributed by atoms with Crippen LogP contribution in [0.3, 0.4) is 0 Å². The summed E-state index contributed by atoms with van der Waals surface area (Å²) in [5.74, 6) is 0.653. The molecule has 5 heterocycles. The molecule has 206 valence electrons. The van der Waals surface area contributed by atoms with Gasteiger partial charge in [0.25, 0.3) is 0 Å². The van der Waals surface area contributed by atoms with Crippen LogP contribution in [0.15, 0.2) is 47.3 Å². The minimum atomic E-state index is -0.571. The van der Waals surface area contributed by atoms with Crippen LogP contribution in [-0.4, -0.2) is 56.1 Å². The van der Waals surface area contributed by atoms with E-state index >= 15 is 0 Å². The Kier molecular flexibility index (Phi) is 6.72. The maximum atomic E-state index is 13.8. The first-order valence-corrected chi connectivity index (χ1v) is 15.9. The van der Waals surface area contributed by atoms with Gasteiger partial charge in [0.05, 0.1) is 0 Å². The van der Waals surface area contributed by atoms with Crippen LogP contribution in [0.4, 0.5) is 5.82 Å². The number of carbonyl (C=O) groups excluding carboxylic acids is 3. The molecule has 12 heteroatoms. The summed E-state index contributed by atoms with van der Waals surface area (Å²) in [5, 5.41) is 6.81. The number of benzene rings is 1. The van der Waals surface area contributed by atoms with Gasteiger partial charge in [0.1, 0.15) is 5.82 Å². The Morgan fingerprint density at radius 3 is 2.65 bits per heavy atom. The van der Waals surface area contributed by atoms with Gasteiger partial charge in [0, 0.05) is 0 Å². The molecule has 2 aliphatic heterocycles. The van der Waals surface area contributed by atoms with E-state index in [4.69, 9.17) is 0 Å². The monoisotopic (exact) mass is 715 g/mol. The molecule has 40 heavy (non-hydrogen) atoms. The van der Waals surface area contributed by atoms with Gasteiger partial charge in [-0.3, -0.25) is 0 Å². The van der Waals surface area contributed by atoms with E-state index < -0.39 is 6.04 Å². The van der Waals surface area contributed by atoms with Crippen LogP contribution in [0.2, 0.25) is 0 Å². The van der Waals surface area contributed by atoms with Gasteiger partial charge < -0.3 is 0 Å². The molecule has 3 atom stereocenters. The maximum absolute atomic E-state index is 13.8. The van der Waals surface area contributed by atoms with Crippen molar-refractivity contribution in [1.82, 2.24) is 25.0 Å². The van der Waals surface area contributed by atoms with Gasteiger partial charge in [-0.15, -0.1) is 0 Å². The van der Waals surface area contributed by atoms with E-state index in [1.54, 1.807) is 22.0 Å². The molecule has 1 aromatic carbocycles. The fraction of sp³-hybridized carbons (Fsp3) is 0.321. The summed E-state index contributed by atoms with van der Waals surface area (Å²) in [4.78, 5) is 54.5. The van der Waals surface area contributed by atoms with E-state index in [9.17, 15) is 14.4 Å². The summed E-state index contributed by atoms with van der Waals surface area (Å²) < 4.78 is 2.49. The van der Waals surface area contributed by atoms with E-state index in [1.165, 1.54) is 6.92 Å². The average molecular weight is 716 g/mol. The predicted molar refractivity (Wildman–Crippen MR) is 147 cm³/mol. The third-order valence-corrected chi connectivity index (χ3v) is 12.2. The number of halogens is 2. The second kappa shape index (κ2) is 9.98. The van der Waals surface area contributed by atoms with Crippen molar-refractivity contribution in [2.24, 2.45) is 0 Å². The quantitative estimate of drug-likeness (QED) is 0.0741. The first-order valence-electron chi connectivity index (χ1n) is 12.8. The summed E-state index contributed by atoms with van der Waals surface area (Å²) in [6.07, 6.45) is 4.15. The number of hydrogen-bond acceptors (Lipinski definition) is 6. The molecule has 0 radical (unpaired) electrons. The van der Waals surface area contributed by atoms with Gasteiger partial charge in [-0.2, -0.15) is 0 Å². The number of nitrogens with one attached hydrogen (secondary N) is 2. The minimum absolute atomic E-state index is 0.00890. The Hall–Kier alpha value is -3.26. The number of anilines is 1. The Bertz CT molecular complexity index is 1710. The molecule has 2 aliphatic rings. The predicted octanol–water partition coefficient (Wildman–Crippen LogP) is 0.316. The van der Waals surface area contributed by atoms with E-state index in [0.717, 1.165) is 22.2 Å². The van der Waals surface area contributed by atoms with Gasteiger partial charge in [-0.05, 0) is 6.92 Å². The summed E-state index contributed by atoms with van der Waals surface area (Å²) in [6.45, 7) is 7.37. The molecule has 0 saturated carbocycles. The van der Waals surface area contributed by atoms with Crippen molar-refractivity contribution in [3.05, 3.63) is 64.4 Å². The number of amides is 2. The Labute approximate surface area is 249 Å². The van der Waals surface area contributed by atoms with Crippen molar-refractivity contribution < 1.29 is 40.3 Å². The van der Waals surface area contributed by atoms with Crippen LogP contribution >= 0.6 is 15.9 Å². The molecule has 0 spiro atoms. The van der Waals surface area contributed by atoms with Crippen molar-refractivity contribution in [2.75, 3.05) is 5.32 Å². The third-order valence-electron chi connectivity index (χ3n) is 7.43. The fourth-order valence-electron chi connectivity index (χ4n) is 5.23. The molecular weight excluding hydrogens is 689 g/mol. The number of aromatic nitrogens is 5. The number of carbonyl (C=O) groups is 3. The summed E-state index contributed by atoms with van der Waals surface area (Å²) in [5.41, 5.74) is 3.71. The number of ketones is 1. The Morgan fingerprint density at radius 2 is 1.93 bits per heavy atom. The number of likely N-dealkylation sites (tertiary alicyclic amines) is 1. The second-order valence-corrected chi connectivity index (χ2v) is 15.5. The number of fused-ring (bicyclic) bond motifs is 2. The molecule has 0 bridgehead atoms. The molecule has 2 amide bonds. The van der Waals surface area contributed by atoms with Crippen molar-refractivity contribution in [2.45, 2.75) is 54.2 Å². The third kappa shape index (κ3) is 4.80. The molecular formula is C28H27BrIN7O3. The van der Waals surface area contributed by atoms with Crippen LogP contribution in [0, 0.1) is 13.8 Å². The molecule has 0 unspecified atom stereocenters. The van der Waals surface area contributed by atoms with Crippen molar-refractivity contribution in [3.63, 3.8) is 0 Å². The fourth-order valence-corrected chi connectivity index (χ4v) is 8.93. The first-order chi connectivity index (χ1) is 19.0. The molecule has 0 aliphatic carbocycles. The van der Waals surface area contributed by atoms with Crippen molar-refractivity contribution in [3.8, 4) is 11.1 Å². The first kappa shape index (κ1) is 26.9. The molecule has 2 saturated heterocycles. The molecule has 2 N–H and O–H groups in total. The van der Waals surface area contributed by atoms with Gasteiger partial charge in [0.2, 0.25) is 0 Å². The number of aromatic amines is 1. The number of pyridine rings is 1. The van der Waals surface area contributed by atoms with Gasteiger partial charge in [0.15, 0.2) is 0 Å². The Morgan fingerprint density at radius 1 is 1.18 bits per heavy atom. The van der Waals surface area contributed by atoms with Crippen LogP contribution in [0.5, 0.6) is 0 Å². The second-order valence-electron chi connectivity index (χ2n) is 10.4. The van der Waals surface area contributed by atoms with E-state index in [0.29, 0.717) is 33.7 Å². The number of alkyl halides is 2. The summed E-state index contributed by atoms with van der Waals surface area (Å²) >= 11 is 3.14. The number of nitrogens with zero attached hydrogens (tertiary/aromatic N) is 5. The number of aryl methyl sites for hydroxylation is 2. The molecule has 2 fully saturated rings. The zero-order valence-corrected chi connectivity index (χ0v) is 26.1. The standard InChI is InChI=1S/C28H26BrIN7O3/c1-14-5-8-22(29)33-25(14)34-26(40)21-10-28(4)27(30-28)37(21)23(39)13-36-20-7-6-17(18-11-31-16(3)32-12-18)9-19(20)24(35-36)15(2)38/h5-9,11-12,21,27H,10,13H2,1-4H3,(H,33,34,40)/q-1/p+1/t21-,27-,28+/m0/s1. The zero-order valence-electron chi connectivity index (χ0n) is 22.3. The molecule has 4 aromatic rings. The normalized spacial score (nSPS) is 21.6. The Balaban J connectivity index is 1.29. The van der Waals surface area contributed by atoms with Crippen LogP contribution in [0.1, 0.15) is 42.1 Å². The summed E-state index contributed by atoms with van der Waals surface area (Å²) in [6, 6.07) is 8.87. The number of Topliss-reactive ketones (excluding diaryl/α,β-unsaturated/α-hetero) is 1. The molecule has 6 rings (SSSR count). The topological polar surface area (TPSA) is 125 Å². The number of hydrogen-bond donors (Lipinski definition) is 2. The summed E-state index contributed by atoms with van der Waals surface area (Å²) in [7, 11) is 0. The molecule has 3 aromatic heterocycles. The van der Waals surface area contributed by atoms with Gasteiger partial charge >= 0.3 is 238 Å². The van der Waals surface area contributed by atoms with Crippen LogP contribution in [0.25, 0.3) is 22.0 Å². The van der Waals surface area contributed by atoms with Crippen LogP contribution < -0.4 is 31.2 Å². The van der Waals surface area contributed by atoms with Crippen molar-refractivity contribution in [1.29, 1.82) is 0 Å². The van der Waals surface area contributed by atoms with E-state index in [1.807, 2.05) is 44.2 Å². The number of rotatable bonds is 6. The molecule has 10 nitrogen and oxygen atoms in total. The van der Waals surface area contributed by atoms with Gasteiger partial charge in [-0.1, -0.05) is 0 Å². The SMILES string of the molecule is CC(=O)c1[nH][n+](CC(=O)N2[C@H](C(=O)Nc3nc(Br)ccc3C)C[C@@]3(C)[I-][C@@H]23)c2ccc(-c3cnc(C)nc3)cc12. The van der Waals surface area contributed by atoms with Gasteiger partial charge in [-0.25, -0.2) is 0 Å². The van der Waals surface area contributed by atoms with E-state index in [2.05, 4.69) is 48.2 Å². The number of H-pyrrole nitrogens is 1. The van der Waals surface area contributed by atoms with E-state index in [-0.39, 0.29) is 52.8 Å². The zero-order chi connectivity index (χ0) is 28.3. The van der Waals surface area contributed by atoms with Crippen molar-refractivity contribution >= 4 is 50.2 Å². The van der Waals surface area contributed by atoms with Crippen LogP contribution in [-0.2, 0) is 16.1 Å². The average Bonchev–Trinajstić information content (AvgIpc) is 3.28.